The lowest BCUT2D eigenvalue weighted by atomic mass is 9.83. The van der Waals surface area contributed by atoms with E-state index in [-0.39, 0.29) is 23.4 Å². The number of piperidine rings is 1. The number of likely N-dealkylation sites (N-methyl/N-ethyl adjacent to an activating group) is 1. The first-order chi connectivity index (χ1) is 14.5. The van der Waals surface area contributed by atoms with Crippen molar-refractivity contribution >= 4 is 11.8 Å². The van der Waals surface area contributed by atoms with Gasteiger partial charge in [0.2, 0.25) is 11.8 Å². The second-order valence-corrected chi connectivity index (χ2v) is 9.79. The first-order valence-corrected chi connectivity index (χ1v) is 11.5. The van der Waals surface area contributed by atoms with Gasteiger partial charge in [0.1, 0.15) is 6.04 Å². The number of amides is 2. The Morgan fingerprint density at radius 2 is 2.03 bits per heavy atom. The average molecular weight is 412 g/mol. The number of fused-ring (bicyclic) bond motifs is 1. The van der Waals surface area contributed by atoms with Crippen molar-refractivity contribution in [3.05, 3.63) is 30.1 Å². The number of nitrogens with zero attached hydrogens (tertiary/aromatic N) is 4. The fourth-order valence-corrected chi connectivity index (χ4v) is 5.70. The smallest absolute Gasteiger partial charge is 0.243 e. The van der Waals surface area contributed by atoms with E-state index in [2.05, 4.69) is 33.2 Å². The molecular weight excluding hydrogens is 378 g/mol. The van der Waals surface area contributed by atoms with Crippen molar-refractivity contribution in [2.24, 2.45) is 0 Å². The lowest BCUT2D eigenvalue weighted by molar-refractivity contribution is -0.135. The van der Waals surface area contributed by atoms with Gasteiger partial charge in [-0.15, -0.1) is 0 Å². The van der Waals surface area contributed by atoms with Crippen molar-refractivity contribution < 1.29 is 9.59 Å². The summed E-state index contributed by atoms with van der Waals surface area (Å²) in [6, 6.07) is 4.71. The molecule has 1 spiro atoms. The maximum atomic E-state index is 13.2. The van der Waals surface area contributed by atoms with Crippen LogP contribution in [0.2, 0.25) is 0 Å². The summed E-state index contributed by atoms with van der Waals surface area (Å²) in [4.78, 5) is 37.3. The minimum atomic E-state index is -0.376. The molecule has 3 saturated heterocycles. The Bertz CT molecular complexity index is 760. The molecule has 0 aromatic carbocycles. The third kappa shape index (κ3) is 3.73. The van der Waals surface area contributed by atoms with Crippen LogP contribution in [-0.4, -0.2) is 81.8 Å². The molecule has 2 atom stereocenters. The van der Waals surface area contributed by atoms with Crippen molar-refractivity contribution in [2.45, 2.75) is 75.2 Å². The van der Waals surface area contributed by atoms with Gasteiger partial charge in [-0.1, -0.05) is 12.5 Å². The minimum absolute atomic E-state index is 0.0612. The van der Waals surface area contributed by atoms with Gasteiger partial charge in [0.15, 0.2) is 0 Å². The second kappa shape index (κ2) is 7.93. The van der Waals surface area contributed by atoms with E-state index in [4.69, 9.17) is 0 Å². The highest BCUT2D eigenvalue weighted by molar-refractivity contribution is 5.92. The Morgan fingerprint density at radius 1 is 1.23 bits per heavy atom. The molecule has 5 rings (SSSR count). The Kier molecular flexibility index (Phi) is 5.27. The molecule has 162 valence electrons. The number of rotatable bonds is 4. The van der Waals surface area contributed by atoms with Gasteiger partial charge in [-0.25, -0.2) is 0 Å². The number of nitrogens with one attached hydrogen (secondary N) is 1. The lowest BCUT2D eigenvalue weighted by Crippen LogP contribution is -2.56. The molecular formula is C23H33N5O2. The molecule has 30 heavy (non-hydrogen) atoms. The Hall–Kier alpha value is -1.99. The number of likely N-dealkylation sites (tertiary alicyclic amines) is 1. The fraction of sp³-hybridized carbons (Fsp3) is 0.696. The molecule has 7 nitrogen and oxygen atoms in total. The van der Waals surface area contributed by atoms with Crippen molar-refractivity contribution in [1.29, 1.82) is 0 Å². The summed E-state index contributed by atoms with van der Waals surface area (Å²) in [6.45, 7) is 3.35. The molecule has 0 radical (unpaired) electrons. The van der Waals surface area contributed by atoms with Crippen LogP contribution in [0.5, 0.6) is 0 Å². The van der Waals surface area contributed by atoms with E-state index in [0.29, 0.717) is 25.0 Å². The molecule has 2 amide bonds. The van der Waals surface area contributed by atoms with E-state index >= 15 is 0 Å². The third-order valence-electron chi connectivity index (χ3n) is 7.95. The van der Waals surface area contributed by atoms with Crippen LogP contribution in [0.3, 0.4) is 0 Å². The first kappa shape index (κ1) is 19.9. The van der Waals surface area contributed by atoms with E-state index in [1.807, 2.05) is 17.2 Å². The van der Waals surface area contributed by atoms with Gasteiger partial charge >= 0.3 is 0 Å². The number of aromatic nitrogens is 1. The normalized spacial score (nSPS) is 29.6. The Balaban J connectivity index is 1.22. The van der Waals surface area contributed by atoms with Crippen LogP contribution in [0.4, 0.5) is 0 Å². The zero-order chi connectivity index (χ0) is 20.7. The summed E-state index contributed by atoms with van der Waals surface area (Å²) in [7, 11) is 2.17. The number of hydrogen-bond donors (Lipinski definition) is 1. The van der Waals surface area contributed by atoms with Gasteiger partial charge in [0.05, 0.1) is 12.0 Å². The highest BCUT2D eigenvalue weighted by atomic mass is 16.2. The lowest BCUT2D eigenvalue weighted by Gasteiger charge is -2.41. The van der Waals surface area contributed by atoms with E-state index in [9.17, 15) is 9.59 Å². The summed E-state index contributed by atoms with van der Waals surface area (Å²) in [5.41, 5.74) is 0.830. The third-order valence-corrected chi connectivity index (χ3v) is 7.95. The van der Waals surface area contributed by atoms with Crippen LogP contribution in [0.1, 0.15) is 50.5 Å². The second-order valence-electron chi connectivity index (χ2n) is 9.79. The van der Waals surface area contributed by atoms with Crippen LogP contribution in [0.25, 0.3) is 0 Å². The first-order valence-electron chi connectivity index (χ1n) is 11.5. The number of carbonyl (C=O) groups is 2. The molecule has 7 heteroatoms. The summed E-state index contributed by atoms with van der Waals surface area (Å²) in [6.07, 6.45) is 10.4. The standard InChI is InChI=1S/C23H33N5O2/c1-26(18-5-2-6-18)19-12-20-22(30)25-23(13-21(29)28(20)16-19)7-10-27(11-8-23)15-17-4-3-9-24-14-17/h3-4,9,14,18-20H,2,5-8,10-13,15-16H2,1H3,(H,25,30)/t19-,20-/m0/s1. The van der Waals surface area contributed by atoms with E-state index in [1.165, 1.54) is 24.8 Å². The molecule has 1 saturated carbocycles. The molecule has 4 heterocycles. The monoisotopic (exact) mass is 411 g/mol. The number of carbonyl (C=O) groups excluding carboxylic acids is 2. The van der Waals surface area contributed by atoms with Crippen molar-refractivity contribution in [2.75, 3.05) is 26.7 Å². The minimum Gasteiger partial charge on any atom is -0.348 e. The molecule has 1 aromatic heterocycles. The van der Waals surface area contributed by atoms with Crippen LogP contribution in [0.15, 0.2) is 24.5 Å². The van der Waals surface area contributed by atoms with Gasteiger partial charge in [0.25, 0.3) is 0 Å². The Labute approximate surface area is 178 Å². The SMILES string of the molecule is CN(C1CCC1)[C@H]1C[C@H]2C(=O)NC3(CCN(Cc4cccnc4)CC3)CC(=O)N2C1. The van der Waals surface area contributed by atoms with Crippen molar-refractivity contribution in [1.82, 2.24) is 25.0 Å². The zero-order valence-corrected chi connectivity index (χ0v) is 17.9. The predicted molar refractivity (Wildman–Crippen MR) is 114 cm³/mol. The molecule has 1 N–H and O–H groups in total. The molecule has 0 unspecified atom stereocenters. The maximum Gasteiger partial charge on any atom is 0.243 e. The van der Waals surface area contributed by atoms with Crippen molar-refractivity contribution in [3.63, 3.8) is 0 Å². The van der Waals surface area contributed by atoms with Crippen LogP contribution >= 0.6 is 0 Å². The maximum absolute atomic E-state index is 13.2. The average Bonchev–Trinajstić information content (AvgIpc) is 3.12. The molecule has 4 aliphatic rings. The molecule has 1 aliphatic carbocycles. The summed E-state index contributed by atoms with van der Waals surface area (Å²) < 4.78 is 0. The van der Waals surface area contributed by atoms with E-state index in [0.717, 1.165) is 38.9 Å². The quantitative estimate of drug-likeness (QED) is 0.811. The molecule has 1 aromatic rings. The highest BCUT2D eigenvalue weighted by Gasteiger charge is 2.50. The number of hydrogen-bond acceptors (Lipinski definition) is 5. The summed E-state index contributed by atoms with van der Waals surface area (Å²) in [5, 5.41) is 3.34. The van der Waals surface area contributed by atoms with Crippen molar-refractivity contribution in [3.8, 4) is 0 Å². The van der Waals surface area contributed by atoms with Gasteiger partial charge in [-0.05, 0) is 50.8 Å². The largest absolute Gasteiger partial charge is 0.348 e. The topological polar surface area (TPSA) is 68.8 Å². The fourth-order valence-electron chi connectivity index (χ4n) is 5.70. The van der Waals surface area contributed by atoms with E-state index in [1.54, 1.807) is 6.20 Å². The summed E-state index contributed by atoms with van der Waals surface area (Å²) in [5.74, 6) is 0.217. The van der Waals surface area contributed by atoms with Crippen LogP contribution in [-0.2, 0) is 16.1 Å². The summed E-state index contributed by atoms with van der Waals surface area (Å²) >= 11 is 0. The van der Waals surface area contributed by atoms with Crippen LogP contribution in [0, 0.1) is 0 Å². The van der Waals surface area contributed by atoms with Gasteiger partial charge in [-0.3, -0.25) is 24.4 Å². The van der Waals surface area contributed by atoms with Gasteiger partial charge in [-0.2, -0.15) is 0 Å². The zero-order valence-electron chi connectivity index (χ0n) is 17.9. The Morgan fingerprint density at radius 3 is 2.70 bits per heavy atom. The van der Waals surface area contributed by atoms with Crippen LogP contribution < -0.4 is 5.32 Å². The molecule has 0 bridgehead atoms. The molecule has 3 aliphatic heterocycles. The van der Waals surface area contributed by atoms with Gasteiger partial charge < -0.3 is 10.2 Å². The van der Waals surface area contributed by atoms with Gasteiger partial charge in [0, 0.05) is 50.7 Å². The number of pyridine rings is 1. The van der Waals surface area contributed by atoms with E-state index < -0.39 is 0 Å². The molecule has 4 fully saturated rings. The predicted octanol–water partition coefficient (Wildman–Crippen LogP) is 1.39. The highest BCUT2D eigenvalue weighted by Crippen LogP contribution is 2.35.